The van der Waals surface area contributed by atoms with Gasteiger partial charge in [-0.25, -0.2) is 0 Å². The molecular weight excluding hydrogens is 162 g/mol. The van der Waals surface area contributed by atoms with Crippen LogP contribution in [0.25, 0.3) is 0 Å². The fraction of sp³-hybridized carbons (Fsp3) is 1.00. The van der Waals surface area contributed by atoms with E-state index in [4.69, 9.17) is 4.74 Å². The summed E-state index contributed by atoms with van der Waals surface area (Å²) in [6.45, 7) is 14.4. The molecule has 2 unspecified atom stereocenters. The van der Waals surface area contributed by atoms with E-state index in [9.17, 15) is 0 Å². The van der Waals surface area contributed by atoms with Gasteiger partial charge in [-0.3, -0.25) is 0 Å². The molecule has 0 spiro atoms. The van der Waals surface area contributed by atoms with Gasteiger partial charge in [0.2, 0.25) is 0 Å². The molecule has 1 saturated heterocycles. The first-order chi connectivity index (χ1) is 6.18. The van der Waals surface area contributed by atoms with Crippen LogP contribution in [-0.4, -0.2) is 37.2 Å². The summed E-state index contributed by atoms with van der Waals surface area (Å²) in [6, 6.07) is 0. The molecule has 0 aromatic heterocycles. The van der Waals surface area contributed by atoms with Gasteiger partial charge in [-0.2, -0.15) is 0 Å². The zero-order chi connectivity index (χ0) is 10.9. The Morgan fingerprint density at radius 1 is 0.923 bits per heavy atom. The number of hydrogen-bond donors (Lipinski definition) is 0. The molecule has 0 aromatic rings. The molecule has 0 aliphatic carbocycles. The average molecular weight is 189 g/mol. The van der Waals surface area contributed by atoms with Crippen molar-refractivity contribution >= 4 is 0 Å². The van der Waals surface area contributed by atoms with E-state index >= 15 is 0 Å². The molecule has 2 nitrogen and oxygen atoms in total. The summed E-state index contributed by atoms with van der Waals surface area (Å²) in [5.74, 6) is 0. The molecule has 0 aromatic carbocycles. The number of likely N-dealkylation sites (N-methyl/N-ethyl adjacent to an activating group) is 1. The van der Waals surface area contributed by atoms with Crippen molar-refractivity contribution in [1.29, 1.82) is 0 Å². The third-order valence-corrected chi connectivity index (χ3v) is 1.60. The lowest BCUT2D eigenvalue weighted by molar-refractivity contribution is -0.0602. The lowest BCUT2D eigenvalue weighted by atomic mass is 10.2. The molecule has 82 valence electrons. The Morgan fingerprint density at radius 3 is 1.46 bits per heavy atom. The monoisotopic (exact) mass is 189 g/mol. The molecule has 0 bridgehead atoms. The number of rotatable bonds is 0. The van der Waals surface area contributed by atoms with Gasteiger partial charge in [-0.15, -0.1) is 0 Å². The summed E-state index contributed by atoms with van der Waals surface area (Å²) in [5, 5.41) is 0. The van der Waals surface area contributed by atoms with Crippen LogP contribution in [0.5, 0.6) is 0 Å². The predicted octanol–water partition coefficient (Wildman–Crippen LogP) is 2.78. The fourth-order valence-corrected chi connectivity index (χ4v) is 1.44. The summed E-state index contributed by atoms with van der Waals surface area (Å²) in [4.78, 5) is 2.30. The Morgan fingerprint density at radius 2 is 1.23 bits per heavy atom. The molecule has 0 radical (unpaired) electrons. The summed E-state index contributed by atoms with van der Waals surface area (Å²) in [7, 11) is 2.13. The van der Waals surface area contributed by atoms with Gasteiger partial charge in [0.1, 0.15) is 0 Å². The van der Waals surface area contributed by atoms with Crippen LogP contribution in [0.4, 0.5) is 0 Å². The third-order valence-electron chi connectivity index (χ3n) is 1.60. The molecule has 13 heavy (non-hydrogen) atoms. The van der Waals surface area contributed by atoms with Crippen LogP contribution in [0.15, 0.2) is 0 Å². The van der Waals surface area contributed by atoms with E-state index in [0.717, 1.165) is 13.1 Å². The van der Waals surface area contributed by atoms with Gasteiger partial charge in [0.25, 0.3) is 0 Å². The highest BCUT2D eigenvalue weighted by molar-refractivity contribution is 4.69. The number of nitrogens with zero attached hydrogens (tertiary/aromatic N) is 1. The third kappa shape index (κ3) is 8.26. The summed E-state index contributed by atoms with van der Waals surface area (Å²) in [5.41, 5.74) is 0. The van der Waals surface area contributed by atoms with E-state index in [1.807, 2.05) is 27.7 Å². The van der Waals surface area contributed by atoms with Crippen molar-refractivity contribution in [1.82, 2.24) is 4.90 Å². The van der Waals surface area contributed by atoms with Crippen LogP contribution in [0.1, 0.15) is 41.5 Å². The van der Waals surface area contributed by atoms with Gasteiger partial charge < -0.3 is 9.64 Å². The topological polar surface area (TPSA) is 12.5 Å². The Hall–Kier alpha value is -0.0800. The van der Waals surface area contributed by atoms with Crippen molar-refractivity contribution in [2.75, 3.05) is 20.1 Å². The molecule has 1 fully saturated rings. The molecule has 1 aliphatic rings. The van der Waals surface area contributed by atoms with E-state index in [0.29, 0.717) is 12.2 Å². The lowest BCUT2D eigenvalue weighted by Crippen LogP contribution is -2.42. The smallest absolute Gasteiger partial charge is 0.0678 e. The van der Waals surface area contributed by atoms with Crippen LogP contribution in [0.2, 0.25) is 0 Å². The molecule has 0 saturated carbocycles. The van der Waals surface area contributed by atoms with Crippen molar-refractivity contribution in [2.45, 2.75) is 53.8 Å². The molecule has 0 amide bonds. The minimum Gasteiger partial charge on any atom is -0.373 e. The highest BCUT2D eigenvalue weighted by atomic mass is 16.5. The quantitative estimate of drug-likeness (QED) is 0.581. The molecule has 0 N–H and O–H groups in total. The molecule has 2 heteroatoms. The number of hydrogen-bond acceptors (Lipinski definition) is 2. The first-order valence-electron chi connectivity index (χ1n) is 5.52. The van der Waals surface area contributed by atoms with Crippen molar-refractivity contribution < 1.29 is 4.74 Å². The van der Waals surface area contributed by atoms with Gasteiger partial charge in [0, 0.05) is 13.1 Å². The van der Waals surface area contributed by atoms with Gasteiger partial charge in [0.15, 0.2) is 0 Å². The van der Waals surface area contributed by atoms with E-state index in [-0.39, 0.29) is 0 Å². The SMILES string of the molecule is CC.CC.CC1CN(C)CC(C)O1. The van der Waals surface area contributed by atoms with E-state index in [2.05, 4.69) is 25.8 Å². The van der Waals surface area contributed by atoms with E-state index in [1.54, 1.807) is 0 Å². The minimum absolute atomic E-state index is 0.416. The highest BCUT2D eigenvalue weighted by Gasteiger charge is 2.18. The number of morpholine rings is 1. The van der Waals surface area contributed by atoms with E-state index in [1.165, 1.54) is 0 Å². The van der Waals surface area contributed by atoms with Crippen molar-refractivity contribution in [3.8, 4) is 0 Å². The predicted molar refractivity (Wildman–Crippen MR) is 60.2 cm³/mol. The first-order valence-corrected chi connectivity index (χ1v) is 5.52. The van der Waals surface area contributed by atoms with Crippen molar-refractivity contribution in [3.05, 3.63) is 0 Å². The van der Waals surface area contributed by atoms with Gasteiger partial charge in [0.05, 0.1) is 12.2 Å². The zero-order valence-corrected chi connectivity index (χ0v) is 10.4. The van der Waals surface area contributed by atoms with Gasteiger partial charge in [-0.05, 0) is 20.9 Å². The maximum Gasteiger partial charge on any atom is 0.0678 e. The molecule has 1 aliphatic heterocycles. The lowest BCUT2D eigenvalue weighted by Gasteiger charge is -2.32. The Balaban J connectivity index is 0. The summed E-state index contributed by atoms with van der Waals surface area (Å²) < 4.78 is 5.51. The van der Waals surface area contributed by atoms with Gasteiger partial charge in [-0.1, -0.05) is 27.7 Å². The van der Waals surface area contributed by atoms with Gasteiger partial charge >= 0.3 is 0 Å². The molecular formula is C11H27NO. The summed E-state index contributed by atoms with van der Waals surface area (Å²) in [6.07, 6.45) is 0.831. The maximum atomic E-state index is 5.51. The maximum absolute atomic E-state index is 5.51. The second-order valence-electron chi connectivity index (χ2n) is 2.98. The Bertz CT molecular complexity index is 71.1. The largest absolute Gasteiger partial charge is 0.373 e. The highest BCUT2D eigenvalue weighted by Crippen LogP contribution is 2.07. The van der Waals surface area contributed by atoms with Crippen molar-refractivity contribution in [2.24, 2.45) is 0 Å². The Kier molecular flexibility index (Phi) is 11.8. The van der Waals surface area contributed by atoms with Crippen molar-refractivity contribution in [3.63, 3.8) is 0 Å². The molecule has 2 atom stereocenters. The van der Waals surface area contributed by atoms with Crippen LogP contribution in [-0.2, 0) is 4.74 Å². The fourth-order valence-electron chi connectivity index (χ4n) is 1.44. The normalized spacial score (nSPS) is 27.9. The molecule has 1 heterocycles. The Labute approximate surface area is 84.3 Å². The second-order valence-corrected chi connectivity index (χ2v) is 2.98. The van der Waals surface area contributed by atoms with Crippen LogP contribution in [0, 0.1) is 0 Å². The summed E-state index contributed by atoms with van der Waals surface area (Å²) >= 11 is 0. The van der Waals surface area contributed by atoms with Crippen LogP contribution in [0.3, 0.4) is 0 Å². The second kappa shape index (κ2) is 10.0. The minimum atomic E-state index is 0.416. The molecule has 1 rings (SSSR count). The van der Waals surface area contributed by atoms with E-state index < -0.39 is 0 Å². The zero-order valence-electron chi connectivity index (χ0n) is 10.4. The average Bonchev–Trinajstić information content (AvgIpc) is 2.09. The van der Waals surface area contributed by atoms with Crippen LogP contribution >= 0.6 is 0 Å². The standard InChI is InChI=1S/C7H15NO.2C2H6/c1-6-4-8(3)5-7(2)9-6;2*1-2/h6-7H,4-5H2,1-3H3;2*1-2H3. The first kappa shape index (κ1) is 15.4. The van der Waals surface area contributed by atoms with Crippen LogP contribution < -0.4 is 0 Å². The number of ether oxygens (including phenoxy) is 1.